The van der Waals surface area contributed by atoms with Crippen molar-refractivity contribution >= 4 is 6.02 Å². The lowest BCUT2D eigenvalue weighted by molar-refractivity contribution is 0.258. The second kappa shape index (κ2) is 4.10. The van der Waals surface area contributed by atoms with Crippen LogP contribution in [-0.2, 0) is 17.6 Å². The number of aliphatic imine (C=N–C) groups is 1. The molecule has 108 valence electrons. The van der Waals surface area contributed by atoms with Gasteiger partial charge >= 0.3 is 0 Å². The molecule has 0 bridgehead atoms. The summed E-state index contributed by atoms with van der Waals surface area (Å²) in [6, 6.07) is 6.69. The summed E-state index contributed by atoms with van der Waals surface area (Å²) in [7, 11) is 0. The Morgan fingerprint density at radius 1 is 1.24 bits per heavy atom. The quantitative estimate of drug-likeness (QED) is 0.870. The monoisotopic (exact) mass is 283 g/mol. The highest BCUT2D eigenvalue weighted by Crippen LogP contribution is 2.41. The van der Waals surface area contributed by atoms with Crippen LogP contribution in [0.4, 0.5) is 0 Å². The Hall–Kier alpha value is -2.30. The van der Waals surface area contributed by atoms with Gasteiger partial charge in [-0.2, -0.15) is 0 Å². The third kappa shape index (κ3) is 1.77. The van der Waals surface area contributed by atoms with Gasteiger partial charge in [-0.1, -0.05) is 23.4 Å². The van der Waals surface area contributed by atoms with Crippen LogP contribution in [0.3, 0.4) is 0 Å². The molecule has 4 rings (SSSR count). The van der Waals surface area contributed by atoms with Gasteiger partial charge in [0.05, 0.1) is 5.69 Å². The maximum Gasteiger partial charge on any atom is 0.282 e. The molecule has 0 amide bonds. The maximum absolute atomic E-state index is 5.71. The molecule has 1 unspecified atom stereocenters. The molecule has 1 aromatic heterocycles. The molecule has 1 aromatic carbocycles. The molecule has 2 aliphatic rings. The van der Waals surface area contributed by atoms with Gasteiger partial charge in [0.15, 0.2) is 0 Å². The van der Waals surface area contributed by atoms with Gasteiger partial charge in [0.25, 0.3) is 6.02 Å². The zero-order valence-corrected chi connectivity index (χ0v) is 12.1. The first-order valence-electron chi connectivity index (χ1n) is 7.10. The van der Waals surface area contributed by atoms with Gasteiger partial charge in [0, 0.05) is 18.4 Å². The summed E-state index contributed by atoms with van der Waals surface area (Å²) in [6.07, 6.45) is 1.73. The number of nitrogens with two attached hydrogens (primary N) is 1. The van der Waals surface area contributed by atoms with Crippen LogP contribution in [0, 0.1) is 13.8 Å². The Labute approximate surface area is 122 Å². The highest BCUT2D eigenvalue weighted by atomic mass is 16.5. The molecule has 0 radical (unpaired) electrons. The largest absolute Gasteiger partial charge is 0.463 e. The summed E-state index contributed by atoms with van der Waals surface area (Å²) in [5.41, 5.74) is 11.3. The van der Waals surface area contributed by atoms with Crippen molar-refractivity contribution in [2.24, 2.45) is 10.7 Å². The Morgan fingerprint density at radius 2 is 2.10 bits per heavy atom. The fraction of sp³-hybridized carbons (Fsp3) is 0.375. The molecule has 1 atom stereocenters. The van der Waals surface area contributed by atoms with Crippen LogP contribution in [0.2, 0.25) is 0 Å². The Kier molecular flexibility index (Phi) is 2.43. The summed E-state index contributed by atoms with van der Waals surface area (Å²) in [6.45, 7) is 4.49. The molecule has 0 fully saturated rings. The molecule has 21 heavy (non-hydrogen) atoms. The molecule has 2 N–H and O–H groups in total. The molecule has 1 aliphatic carbocycles. The van der Waals surface area contributed by atoms with Crippen molar-refractivity contribution in [3.8, 4) is 11.1 Å². The van der Waals surface area contributed by atoms with Crippen LogP contribution in [0.25, 0.3) is 11.1 Å². The first-order valence-corrected chi connectivity index (χ1v) is 7.10. The van der Waals surface area contributed by atoms with E-state index in [2.05, 4.69) is 28.3 Å². The van der Waals surface area contributed by atoms with E-state index in [1.165, 1.54) is 16.7 Å². The molecular formula is C16H17N3O2. The molecule has 1 aliphatic heterocycles. The summed E-state index contributed by atoms with van der Waals surface area (Å²) in [5.74, 6) is 0.854. The maximum atomic E-state index is 5.71. The second-order valence-electron chi connectivity index (χ2n) is 5.96. The van der Waals surface area contributed by atoms with E-state index in [9.17, 15) is 0 Å². The normalized spacial score (nSPS) is 23.2. The Bertz CT molecular complexity index is 743. The summed E-state index contributed by atoms with van der Waals surface area (Å²) in [5, 5.41) is 4.07. The van der Waals surface area contributed by atoms with Crippen LogP contribution < -0.4 is 5.73 Å². The molecule has 5 nitrogen and oxygen atoms in total. The minimum absolute atomic E-state index is 0.221. The van der Waals surface area contributed by atoms with Crippen molar-refractivity contribution in [3.63, 3.8) is 0 Å². The number of hydrogen-bond donors (Lipinski definition) is 1. The zero-order chi connectivity index (χ0) is 14.6. The zero-order valence-electron chi connectivity index (χ0n) is 12.1. The van der Waals surface area contributed by atoms with Gasteiger partial charge in [0.2, 0.25) is 0 Å². The van der Waals surface area contributed by atoms with Gasteiger partial charge in [-0.15, -0.1) is 0 Å². The lowest BCUT2D eigenvalue weighted by Gasteiger charge is -2.15. The van der Waals surface area contributed by atoms with Crippen molar-refractivity contribution in [2.75, 3.05) is 6.61 Å². The van der Waals surface area contributed by atoms with Crippen molar-refractivity contribution in [1.29, 1.82) is 0 Å². The summed E-state index contributed by atoms with van der Waals surface area (Å²) >= 11 is 0. The molecule has 1 spiro atoms. The number of nitrogens with zero attached hydrogens (tertiary/aromatic N) is 2. The number of fused-ring (bicyclic) bond motifs is 1. The van der Waals surface area contributed by atoms with Crippen LogP contribution in [0.15, 0.2) is 27.7 Å². The first-order chi connectivity index (χ1) is 10.1. The smallest absolute Gasteiger partial charge is 0.282 e. The molecule has 0 saturated heterocycles. The summed E-state index contributed by atoms with van der Waals surface area (Å²) in [4.78, 5) is 4.53. The number of benzene rings is 1. The SMILES string of the molecule is Cc1noc(C)c1-c1cccc2c1CC1(COC(N)=N1)C2. The first kappa shape index (κ1) is 12.4. The highest BCUT2D eigenvalue weighted by molar-refractivity contribution is 5.76. The van der Waals surface area contributed by atoms with Gasteiger partial charge < -0.3 is 15.0 Å². The van der Waals surface area contributed by atoms with Gasteiger partial charge in [-0.3, -0.25) is 0 Å². The van der Waals surface area contributed by atoms with E-state index < -0.39 is 0 Å². The van der Waals surface area contributed by atoms with E-state index in [1.807, 2.05) is 13.8 Å². The highest BCUT2D eigenvalue weighted by Gasteiger charge is 2.43. The molecule has 5 heteroatoms. The topological polar surface area (TPSA) is 73.6 Å². The fourth-order valence-electron chi connectivity index (χ4n) is 3.54. The van der Waals surface area contributed by atoms with Gasteiger partial charge in [-0.05, 0) is 30.5 Å². The van der Waals surface area contributed by atoms with Crippen molar-refractivity contribution in [1.82, 2.24) is 5.16 Å². The van der Waals surface area contributed by atoms with Crippen molar-refractivity contribution in [2.45, 2.75) is 32.2 Å². The van der Waals surface area contributed by atoms with Crippen LogP contribution in [-0.4, -0.2) is 23.3 Å². The number of aryl methyl sites for hydroxylation is 2. The fourth-order valence-corrected chi connectivity index (χ4v) is 3.54. The van der Waals surface area contributed by atoms with Crippen LogP contribution in [0.1, 0.15) is 22.6 Å². The predicted molar refractivity (Wildman–Crippen MR) is 79.1 cm³/mol. The Morgan fingerprint density at radius 3 is 2.76 bits per heavy atom. The van der Waals surface area contributed by atoms with E-state index in [0.717, 1.165) is 29.9 Å². The van der Waals surface area contributed by atoms with Crippen molar-refractivity contribution in [3.05, 3.63) is 40.8 Å². The number of ether oxygens (including phenoxy) is 1. The molecular weight excluding hydrogens is 266 g/mol. The lowest BCUT2D eigenvalue weighted by Crippen LogP contribution is -2.28. The van der Waals surface area contributed by atoms with Gasteiger partial charge in [-0.25, -0.2) is 4.99 Å². The Balaban J connectivity index is 1.84. The van der Waals surface area contributed by atoms with E-state index in [1.54, 1.807) is 0 Å². The van der Waals surface area contributed by atoms with Crippen LogP contribution >= 0.6 is 0 Å². The number of aromatic nitrogens is 1. The average Bonchev–Trinajstić information content (AvgIpc) is 3.09. The number of amidine groups is 1. The van der Waals surface area contributed by atoms with E-state index in [0.29, 0.717) is 12.6 Å². The van der Waals surface area contributed by atoms with E-state index >= 15 is 0 Å². The van der Waals surface area contributed by atoms with Crippen molar-refractivity contribution < 1.29 is 9.26 Å². The minimum Gasteiger partial charge on any atom is -0.463 e. The molecule has 2 aromatic rings. The lowest BCUT2D eigenvalue weighted by atomic mass is 9.94. The second-order valence-corrected chi connectivity index (χ2v) is 5.96. The standard InChI is InChI=1S/C16H17N3O2/c1-9-14(10(2)21-19-9)12-5-3-4-11-6-16(7-13(11)12)8-20-15(17)18-16/h3-5H,6-8H2,1-2H3,(H2,17,18). The summed E-state index contributed by atoms with van der Waals surface area (Å²) < 4.78 is 10.7. The minimum atomic E-state index is -0.221. The molecule has 2 heterocycles. The number of hydrogen-bond acceptors (Lipinski definition) is 5. The van der Waals surface area contributed by atoms with Crippen LogP contribution in [0.5, 0.6) is 0 Å². The third-order valence-electron chi connectivity index (χ3n) is 4.44. The predicted octanol–water partition coefficient (Wildman–Crippen LogP) is 2.14. The molecule has 0 saturated carbocycles. The van der Waals surface area contributed by atoms with E-state index in [4.69, 9.17) is 15.0 Å². The average molecular weight is 283 g/mol. The third-order valence-corrected chi connectivity index (χ3v) is 4.44. The van der Waals surface area contributed by atoms with E-state index in [-0.39, 0.29) is 5.54 Å². The van der Waals surface area contributed by atoms with Gasteiger partial charge in [0.1, 0.15) is 17.9 Å². The number of rotatable bonds is 1.